The number of hydrogen-bond donors (Lipinski definition) is 3. The molecule has 1 aliphatic rings. The van der Waals surface area contributed by atoms with Gasteiger partial charge < -0.3 is 29.7 Å². The van der Waals surface area contributed by atoms with Gasteiger partial charge in [0.1, 0.15) is 5.76 Å². The second kappa shape index (κ2) is 10.1. The Bertz CT molecular complexity index is 1110. The molecule has 0 radical (unpaired) electrons. The zero-order chi connectivity index (χ0) is 24.1. The summed E-state index contributed by atoms with van der Waals surface area (Å²) in [4.78, 5) is 37.5. The zero-order valence-electron chi connectivity index (χ0n) is 17.6. The first-order valence-corrected chi connectivity index (χ1v) is 9.88. The molecule has 11 nitrogen and oxygen atoms in total. The number of hydrogen-bond acceptors (Lipinski definition) is 9. The number of benzene rings is 2. The van der Waals surface area contributed by atoms with Crippen LogP contribution in [0.2, 0.25) is 0 Å². The summed E-state index contributed by atoms with van der Waals surface area (Å²) in [6.07, 6.45) is 0. The first-order chi connectivity index (χ1) is 15.8. The van der Waals surface area contributed by atoms with Gasteiger partial charge in [0, 0.05) is 24.2 Å². The van der Waals surface area contributed by atoms with Crippen molar-refractivity contribution < 1.29 is 39.3 Å². The fourth-order valence-corrected chi connectivity index (χ4v) is 3.57. The molecule has 0 aromatic heterocycles. The number of rotatable bonds is 9. The average Bonchev–Trinajstić information content (AvgIpc) is 3.06. The van der Waals surface area contributed by atoms with Crippen molar-refractivity contribution in [1.29, 1.82) is 0 Å². The smallest absolute Gasteiger partial charge is 0.295 e. The Hall–Kier alpha value is -3.96. The second-order valence-electron chi connectivity index (χ2n) is 7.07. The molecule has 0 saturated carbocycles. The van der Waals surface area contributed by atoms with Crippen LogP contribution in [-0.2, 0) is 14.3 Å². The van der Waals surface area contributed by atoms with E-state index >= 15 is 0 Å². The normalized spacial score (nSPS) is 17.4. The molecule has 1 heterocycles. The highest BCUT2D eigenvalue weighted by molar-refractivity contribution is 6.46. The van der Waals surface area contributed by atoms with Gasteiger partial charge in [0.05, 0.1) is 43.5 Å². The van der Waals surface area contributed by atoms with Crippen LogP contribution in [-0.4, -0.2) is 70.3 Å². The van der Waals surface area contributed by atoms with E-state index in [0.717, 1.165) is 6.07 Å². The molecule has 3 rings (SSSR count). The molecule has 2 aromatic rings. The Balaban J connectivity index is 2.14. The lowest BCUT2D eigenvalue weighted by atomic mass is 9.95. The maximum atomic E-state index is 12.9. The van der Waals surface area contributed by atoms with Crippen molar-refractivity contribution in [2.45, 2.75) is 6.04 Å². The highest BCUT2D eigenvalue weighted by Gasteiger charge is 2.46. The van der Waals surface area contributed by atoms with Gasteiger partial charge in [-0.05, 0) is 17.7 Å². The van der Waals surface area contributed by atoms with Gasteiger partial charge in [0.25, 0.3) is 17.4 Å². The van der Waals surface area contributed by atoms with Gasteiger partial charge in [-0.25, -0.2) is 0 Å². The highest BCUT2D eigenvalue weighted by atomic mass is 16.6. The monoisotopic (exact) mass is 458 g/mol. The molecule has 1 aliphatic heterocycles. The molecular formula is C22H22N2O9. The summed E-state index contributed by atoms with van der Waals surface area (Å²) in [7, 11) is 1.33. The van der Waals surface area contributed by atoms with Crippen LogP contribution in [0.1, 0.15) is 17.2 Å². The minimum atomic E-state index is -1.07. The summed E-state index contributed by atoms with van der Waals surface area (Å²) in [5.74, 6) is -2.52. The van der Waals surface area contributed by atoms with Crippen molar-refractivity contribution in [2.75, 3.05) is 33.5 Å². The van der Waals surface area contributed by atoms with E-state index in [1.54, 1.807) is 0 Å². The molecule has 1 amide bonds. The van der Waals surface area contributed by atoms with E-state index in [1.165, 1.54) is 48.4 Å². The number of carbonyl (C=O) groups excluding carboxylic acids is 2. The number of carbonyl (C=O) groups is 2. The number of non-ortho nitro benzene ring substituents is 1. The molecular weight excluding hydrogens is 436 g/mol. The number of aromatic hydroxyl groups is 1. The number of nitrogens with zero attached hydrogens (tertiary/aromatic N) is 2. The Morgan fingerprint density at radius 1 is 1.18 bits per heavy atom. The summed E-state index contributed by atoms with van der Waals surface area (Å²) >= 11 is 0. The van der Waals surface area contributed by atoms with E-state index < -0.39 is 28.4 Å². The Morgan fingerprint density at radius 2 is 1.94 bits per heavy atom. The minimum absolute atomic E-state index is 0.00512. The number of aliphatic hydroxyl groups excluding tert-OH is 2. The predicted octanol–water partition coefficient (Wildman–Crippen LogP) is 1.74. The van der Waals surface area contributed by atoms with Gasteiger partial charge in [-0.15, -0.1) is 0 Å². The molecule has 1 fully saturated rings. The molecule has 1 atom stereocenters. The number of phenols is 1. The molecule has 2 aromatic carbocycles. The van der Waals surface area contributed by atoms with Crippen LogP contribution >= 0.6 is 0 Å². The third-order valence-corrected chi connectivity index (χ3v) is 5.10. The molecule has 0 unspecified atom stereocenters. The summed E-state index contributed by atoms with van der Waals surface area (Å²) in [5.41, 5.74) is -0.212. The number of amides is 1. The zero-order valence-corrected chi connectivity index (χ0v) is 17.6. The van der Waals surface area contributed by atoms with Crippen LogP contribution in [0.15, 0.2) is 48.0 Å². The van der Waals surface area contributed by atoms with Crippen molar-refractivity contribution in [3.05, 3.63) is 69.3 Å². The lowest BCUT2D eigenvalue weighted by molar-refractivity contribution is -0.384. The Labute approximate surface area is 188 Å². The average molecular weight is 458 g/mol. The molecule has 11 heteroatoms. The largest absolute Gasteiger partial charge is 0.507 e. The maximum absolute atomic E-state index is 12.9. The Morgan fingerprint density at radius 3 is 2.61 bits per heavy atom. The van der Waals surface area contributed by atoms with Crippen molar-refractivity contribution >= 4 is 23.1 Å². The van der Waals surface area contributed by atoms with E-state index in [9.17, 15) is 29.9 Å². The van der Waals surface area contributed by atoms with Gasteiger partial charge in [0.15, 0.2) is 11.5 Å². The van der Waals surface area contributed by atoms with E-state index in [-0.39, 0.29) is 54.7 Å². The van der Waals surface area contributed by atoms with E-state index in [4.69, 9.17) is 14.6 Å². The standard InChI is InChI=1S/C22H22N2O9/c1-32-17-12-13(5-6-16(17)26)19-18(20(27)14-3-2-4-15(11-14)24(30)31)21(28)22(29)23(19)7-9-33-10-8-25/h2-6,11-12,19,25-27H,7-10H2,1H3/t19-/m1/s1. The highest BCUT2D eigenvalue weighted by Crippen LogP contribution is 2.41. The van der Waals surface area contributed by atoms with E-state index in [2.05, 4.69) is 0 Å². The second-order valence-corrected chi connectivity index (χ2v) is 7.07. The maximum Gasteiger partial charge on any atom is 0.295 e. The summed E-state index contributed by atoms with van der Waals surface area (Å²) < 4.78 is 10.4. The quantitative estimate of drug-likeness (QED) is 0.127. The third kappa shape index (κ3) is 4.78. The van der Waals surface area contributed by atoms with Crippen molar-refractivity contribution in [3.63, 3.8) is 0 Å². The summed E-state index contributed by atoms with van der Waals surface area (Å²) in [6, 6.07) is 8.21. The van der Waals surface area contributed by atoms with Crippen LogP contribution in [0.3, 0.4) is 0 Å². The summed E-state index contributed by atoms with van der Waals surface area (Å²) in [5, 5.41) is 40.9. The lowest BCUT2D eigenvalue weighted by Crippen LogP contribution is -2.33. The SMILES string of the molecule is COc1cc([C@@H]2C(=C(O)c3cccc([N+](=O)[O-])c3)C(=O)C(=O)N2CCOCCO)ccc1O. The Kier molecular flexibility index (Phi) is 7.26. The van der Waals surface area contributed by atoms with E-state index in [0.29, 0.717) is 5.56 Å². The van der Waals surface area contributed by atoms with Crippen molar-refractivity contribution in [2.24, 2.45) is 0 Å². The number of likely N-dealkylation sites (tertiary alicyclic amines) is 1. The molecule has 0 spiro atoms. The predicted molar refractivity (Wildman–Crippen MR) is 115 cm³/mol. The fourth-order valence-electron chi connectivity index (χ4n) is 3.57. The molecule has 1 saturated heterocycles. The van der Waals surface area contributed by atoms with Crippen LogP contribution < -0.4 is 4.74 Å². The number of Topliss-reactive ketones (excluding diaryl/α,β-unsaturated/α-hetero) is 1. The number of nitro benzene ring substituents is 1. The van der Waals surface area contributed by atoms with Gasteiger partial charge in [0.2, 0.25) is 0 Å². The topological polar surface area (TPSA) is 160 Å². The number of nitro groups is 1. The fraction of sp³-hybridized carbons (Fsp3) is 0.273. The van der Waals surface area contributed by atoms with E-state index in [1.807, 2.05) is 0 Å². The van der Waals surface area contributed by atoms with Gasteiger partial charge >= 0.3 is 0 Å². The van der Waals surface area contributed by atoms with Crippen LogP contribution in [0.25, 0.3) is 5.76 Å². The van der Waals surface area contributed by atoms with Gasteiger partial charge in [-0.1, -0.05) is 18.2 Å². The van der Waals surface area contributed by atoms with Crippen molar-refractivity contribution in [3.8, 4) is 11.5 Å². The third-order valence-electron chi connectivity index (χ3n) is 5.10. The summed E-state index contributed by atoms with van der Waals surface area (Å²) in [6.45, 7) is -0.209. The van der Waals surface area contributed by atoms with Gasteiger partial charge in [-0.2, -0.15) is 0 Å². The van der Waals surface area contributed by atoms with Crippen LogP contribution in [0.4, 0.5) is 5.69 Å². The molecule has 3 N–H and O–H groups in total. The first kappa shape index (κ1) is 23.7. The number of ketones is 1. The molecule has 174 valence electrons. The van der Waals surface area contributed by atoms with Crippen LogP contribution in [0, 0.1) is 10.1 Å². The molecule has 33 heavy (non-hydrogen) atoms. The minimum Gasteiger partial charge on any atom is -0.507 e. The number of aliphatic hydroxyl groups is 2. The molecule has 0 aliphatic carbocycles. The molecule has 0 bridgehead atoms. The first-order valence-electron chi connectivity index (χ1n) is 9.88. The van der Waals surface area contributed by atoms with Crippen molar-refractivity contribution in [1.82, 2.24) is 4.90 Å². The van der Waals surface area contributed by atoms with Gasteiger partial charge in [-0.3, -0.25) is 19.7 Å². The van der Waals surface area contributed by atoms with Crippen LogP contribution in [0.5, 0.6) is 11.5 Å². The number of phenolic OH excluding ortho intramolecular Hbond substituents is 1. The number of ether oxygens (including phenoxy) is 2. The number of methoxy groups -OCH3 is 1. The lowest BCUT2D eigenvalue weighted by Gasteiger charge is -2.25.